The van der Waals surface area contributed by atoms with Crippen LogP contribution >= 0.6 is 0 Å². The molecule has 4 aromatic rings. The van der Waals surface area contributed by atoms with Crippen LogP contribution in [0.3, 0.4) is 0 Å². The Morgan fingerprint density at radius 1 is 1.13 bits per heavy atom. The molecule has 31 heavy (non-hydrogen) atoms. The first-order valence-electron chi connectivity index (χ1n) is 10.4. The summed E-state index contributed by atoms with van der Waals surface area (Å²) in [5.41, 5.74) is 1.97. The average molecular weight is 419 g/mol. The molecule has 1 saturated carbocycles. The SMILES string of the molecule is Cc1c(F)ccc2ncc(C(=O)NC3CCC(c4n[nH]c(=O)c5ccccc45)CC3)n12. The molecule has 0 saturated heterocycles. The highest BCUT2D eigenvalue weighted by Gasteiger charge is 2.27. The van der Waals surface area contributed by atoms with E-state index in [1.54, 1.807) is 17.4 Å². The van der Waals surface area contributed by atoms with E-state index in [1.165, 1.54) is 12.3 Å². The number of fused-ring (bicyclic) bond motifs is 2. The summed E-state index contributed by atoms with van der Waals surface area (Å²) >= 11 is 0. The third-order valence-electron chi connectivity index (χ3n) is 6.26. The molecule has 1 aliphatic rings. The van der Waals surface area contributed by atoms with Crippen LogP contribution in [0.15, 0.2) is 47.4 Å². The highest BCUT2D eigenvalue weighted by atomic mass is 19.1. The maximum atomic E-state index is 14.0. The van der Waals surface area contributed by atoms with E-state index >= 15 is 0 Å². The smallest absolute Gasteiger partial charge is 0.272 e. The van der Waals surface area contributed by atoms with Gasteiger partial charge in [0.25, 0.3) is 11.5 Å². The fourth-order valence-corrected chi connectivity index (χ4v) is 4.59. The van der Waals surface area contributed by atoms with Gasteiger partial charge in [0, 0.05) is 17.3 Å². The summed E-state index contributed by atoms with van der Waals surface area (Å²) in [4.78, 5) is 29.1. The van der Waals surface area contributed by atoms with E-state index in [-0.39, 0.29) is 29.2 Å². The molecular formula is C23H22FN5O2. The Balaban J connectivity index is 1.31. The number of pyridine rings is 1. The Bertz CT molecular complexity index is 1350. The zero-order valence-electron chi connectivity index (χ0n) is 17.1. The van der Waals surface area contributed by atoms with Crippen molar-refractivity contribution in [3.05, 3.63) is 75.8 Å². The van der Waals surface area contributed by atoms with Crippen molar-refractivity contribution >= 4 is 22.3 Å². The molecule has 2 N–H and O–H groups in total. The van der Waals surface area contributed by atoms with Crippen molar-refractivity contribution in [2.24, 2.45) is 0 Å². The monoisotopic (exact) mass is 419 g/mol. The fraction of sp³-hybridized carbons (Fsp3) is 0.304. The highest BCUT2D eigenvalue weighted by Crippen LogP contribution is 2.34. The second-order valence-corrected chi connectivity index (χ2v) is 8.11. The number of aromatic amines is 1. The molecule has 0 atom stereocenters. The minimum absolute atomic E-state index is 0.0252. The number of imidazole rings is 1. The van der Waals surface area contributed by atoms with Gasteiger partial charge in [-0.2, -0.15) is 5.10 Å². The Hall–Kier alpha value is -3.55. The van der Waals surface area contributed by atoms with Gasteiger partial charge in [-0.1, -0.05) is 18.2 Å². The Kier molecular flexibility index (Phi) is 4.77. The van der Waals surface area contributed by atoms with Crippen molar-refractivity contribution in [3.63, 3.8) is 0 Å². The number of aryl methyl sites for hydroxylation is 1. The molecule has 1 aromatic carbocycles. The third-order valence-corrected chi connectivity index (χ3v) is 6.26. The van der Waals surface area contributed by atoms with E-state index in [4.69, 9.17) is 0 Å². The van der Waals surface area contributed by atoms with Crippen LogP contribution in [0.2, 0.25) is 0 Å². The van der Waals surface area contributed by atoms with Gasteiger partial charge in [-0.05, 0) is 50.8 Å². The predicted molar refractivity (Wildman–Crippen MR) is 115 cm³/mol. The quantitative estimate of drug-likeness (QED) is 0.532. The van der Waals surface area contributed by atoms with Crippen LogP contribution in [0.25, 0.3) is 16.4 Å². The summed E-state index contributed by atoms with van der Waals surface area (Å²) in [5, 5.41) is 11.6. The first-order valence-corrected chi connectivity index (χ1v) is 10.4. The minimum Gasteiger partial charge on any atom is -0.348 e. The van der Waals surface area contributed by atoms with Crippen molar-refractivity contribution < 1.29 is 9.18 Å². The molecule has 3 heterocycles. The largest absolute Gasteiger partial charge is 0.348 e. The number of benzene rings is 1. The van der Waals surface area contributed by atoms with Crippen LogP contribution in [0.1, 0.15) is 53.5 Å². The number of carbonyl (C=O) groups is 1. The topological polar surface area (TPSA) is 92.2 Å². The second kappa shape index (κ2) is 7.61. The Labute approximate surface area is 177 Å². The lowest BCUT2D eigenvalue weighted by atomic mass is 9.82. The molecule has 0 bridgehead atoms. The molecule has 0 unspecified atom stereocenters. The molecule has 7 nitrogen and oxygen atoms in total. The molecule has 5 rings (SSSR count). The summed E-state index contributed by atoms with van der Waals surface area (Å²) < 4.78 is 15.5. The molecule has 158 valence electrons. The van der Waals surface area contributed by atoms with Crippen molar-refractivity contribution in [2.75, 3.05) is 0 Å². The third kappa shape index (κ3) is 3.37. The lowest BCUT2D eigenvalue weighted by molar-refractivity contribution is 0.0919. The van der Waals surface area contributed by atoms with E-state index < -0.39 is 0 Å². The van der Waals surface area contributed by atoms with Crippen LogP contribution in [0.5, 0.6) is 0 Å². The second-order valence-electron chi connectivity index (χ2n) is 8.11. The molecule has 8 heteroatoms. The van der Waals surface area contributed by atoms with Gasteiger partial charge < -0.3 is 5.32 Å². The van der Waals surface area contributed by atoms with E-state index in [2.05, 4.69) is 20.5 Å². The van der Waals surface area contributed by atoms with E-state index in [0.29, 0.717) is 22.4 Å². The zero-order chi connectivity index (χ0) is 21.5. The van der Waals surface area contributed by atoms with Crippen LogP contribution in [-0.4, -0.2) is 31.5 Å². The number of halogens is 1. The van der Waals surface area contributed by atoms with Crippen LogP contribution in [0, 0.1) is 12.7 Å². The summed E-state index contributed by atoms with van der Waals surface area (Å²) in [5.74, 6) is -0.403. The fourth-order valence-electron chi connectivity index (χ4n) is 4.59. The first kappa shape index (κ1) is 19.4. The molecule has 1 amide bonds. The van der Waals surface area contributed by atoms with Gasteiger partial charge in [0.15, 0.2) is 0 Å². The maximum Gasteiger partial charge on any atom is 0.272 e. The summed E-state index contributed by atoms with van der Waals surface area (Å²) in [6.45, 7) is 1.63. The number of nitrogens with one attached hydrogen (secondary N) is 2. The molecule has 0 aliphatic heterocycles. The van der Waals surface area contributed by atoms with E-state index in [9.17, 15) is 14.0 Å². The van der Waals surface area contributed by atoms with Gasteiger partial charge in [-0.3, -0.25) is 14.0 Å². The van der Waals surface area contributed by atoms with E-state index in [0.717, 1.165) is 36.8 Å². The van der Waals surface area contributed by atoms with Gasteiger partial charge in [-0.25, -0.2) is 14.5 Å². The van der Waals surface area contributed by atoms with Gasteiger partial charge in [0.2, 0.25) is 0 Å². The van der Waals surface area contributed by atoms with E-state index in [1.807, 2.05) is 24.3 Å². The highest BCUT2D eigenvalue weighted by molar-refractivity contribution is 5.93. The lowest BCUT2D eigenvalue weighted by Gasteiger charge is -2.29. The normalized spacial score (nSPS) is 19.0. The molecule has 3 aromatic heterocycles. The number of carbonyl (C=O) groups excluding carboxylic acids is 1. The number of hydrogen-bond donors (Lipinski definition) is 2. The summed E-state index contributed by atoms with van der Waals surface area (Å²) in [7, 11) is 0. The van der Waals surface area contributed by atoms with Gasteiger partial charge in [-0.15, -0.1) is 0 Å². The minimum atomic E-state index is -0.374. The maximum absolute atomic E-state index is 14.0. The molecular weight excluding hydrogens is 397 g/mol. The Morgan fingerprint density at radius 2 is 1.87 bits per heavy atom. The molecule has 0 spiro atoms. The average Bonchev–Trinajstić information content (AvgIpc) is 3.23. The molecule has 0 radical (unpaired) electrons. The number of hydrogen-bond acceptors (Lipinski definition) is 4. The van der Waals surface area contributed by atoms with Crippen LogP contribution in [-0.2, 0) is 0 Å². The molecule has 1 aliphatic carbocycles. The number of aromatic nitrogens is 4. The van der Waals surface area contributed by atoms with Gasteiger partial charge in [0.1, 0.15) is 17.2 Å². The Morgan fingerprint density at radius 3 is 2.65 bits per heavy atom. The van der Waals surface area contributed by atoms with Crippen LogP contribution < -0.4 is 10.9 Å². The standard InChI is InChI=1S/C23H22FN5O2/c1-13-18(24)10-11-20-25-12-19(29(13)20)23(31)26-15-8-6-14(7-9-15)21-16-4-2-3-5-17(16)22(30)28-27-21/h2-5,10-12,14-15H,6-9H2,1H3,(H,26,31)(H,28,30). The predicted octanol–water partition coefficient (Wildman–Crippen LogP) is 3.47. The van der Waals surface area contributed by atoms with Crippen LogP contribution in [0.4, 0.5) is 4.39 Å². The first-order chi connectivity index (χ1) is 15.0. The van der Waals surface area contributed by atoms with Crippen molar-refractivity contribution in [1.82, 2.24) is 24.9 Å². The number of rotatable bonds is 3. The van der Waals surface area contributed by atoms with Gasteiger partial charge in [0.05, 0.1) is 23.0 Å². The summed E-state index contributed by atoms with van der Waals surface area (Å²) in [6, 6.07) is 10.5. The van der Waals surface area contributed by atoms with Crippen molar-refractivity contribution in [2.45, 2.75) is 44.6 Å². The molecule has 1 fully saturated rings. The van der Waals surface area contributed by atoms with Crippen molar-refractivity contribution in [3.8, 4) is 0 Å². The zero-order valence-corrected chi connectivity index (χ0v) is 17.1. The number of nitrogens with zero attached hydrogens (tertiary/aromatic N) is 3. The number of amides is 1. The number of H-pyrrole nitrogens is 1. The lowest BCUT2D eigenvalue weighted by Crippen LogP contribution is -2.38. The summed E-state index contributed by atoms with van der Waals surface area (Å²) in [6.07, 6.45) is 4.80. The van der Waals surface area contributed by atoms with Gasteiger partial charge >= 0.3 is 0 Å². The van der Waals surface area contributed by atoms with Crippen molar-refractivity contribution in [1.29, 1.82) is 0 Å².